The van der Waals surface area contributed by atoms with Crippen molar-refractivity contribution >= 4 is 15.8 Å². The number of carbonyl (C=O) groups excluding carboxylic acids is 1. The number of hydrogen-bond donors (Lipinski definition) is 0. The van der Waals surface area contributed by atoms with Gasteiger partial charge in [0.2, 0.25) is 0 Å². The van der Waals surface area contributed by atoms with Crippen LogP contribution in [-0.4, -0.2) is 45.7 Å². The molecule has 0 aliphatic carbocycles. The Morgan fingerprint density at radius 3 is 2.59 bits per heavy atom. The van der Waals surface area contributed by atoms with Crippen LogP contribution in [0.15, 0.2) is 0 Å². The minimum atomic E-state index is -3.53. The van der Waals surface area contributed by atoms with Crippen LogP contribution in [0.25, 0.3) is 0 Å². The lowest BCUT2D eigenvalue weighted by molar-refractivity contribution is -0.142. The summed E-state index contributed by atoms with van der Waals surface area (Å²) >= 11 is 0. The molecule has 0 spiro atoms. The molecule has 0 atom stereocenters. The van der Waals surface area contributed by atoms with Gasteiger partial charge < -0.3 is 9.47 Å². The largest absolute Gasteiger partial charge is 0.462 e. The van der Waals surface area contributed by atoms with Gasteiger partial charge in [-0.1, -0.05) is 19.3 Å². The van der Waals surface area contributed by atoms with Gasteiger partial charge in [-0.25, -0.2) is 8.42 Å². The fraction of sp³-hybridized carbons (Fsp3) is 0.727. The van der Waals surface area contributed by atoms with E-state index in [9.17, 15) is 13.2 Å². The van der Waals surface area contributed by atoms with Crippen molar-refractivity contribution in [1.82, 2.24) is 0 Å². The third-order valence-corrected chi connectivity index (χ3v) is 3.06. The Hall–Kier alpha value is -1.06. The minimum Gasteiger partial charge on any atom is -0.462 e. The summed E-state index contributed by atoms with van der Waals surface area (Å²) in [6.07, 6.45) is 6.84. The molecule has 17 heavy (non-hydrogen) atoms. The van der Waals surface area contributed by atoms with Gasteiger partial charge in [0.05, 0.1) is 6.61 Å². The SMILES string of the molecule is C#CCS(=O)(=O)CC(=O)OCCOCCCC. The van der Waals surface area contributed by atoms with E-state index in [1.165, 1.54) is 0 Å². The van der Waals surface area contributed by atoms with E-state index in [4.69, 9.17) is 15.9 Å². The van der Waals surface area contributed by atoms with Crippen LogP contribution in [0.3, 0.4) is 0 Å². The van der Waals surface area contributed by atoms with Gasteiger partial charge in [0.1, 0.15) is 18.1 Å². The maximum absolute atomic E-state index is 11.1. The van der Waals surface area contributed by atoms with Gasteiger partial charge in [-0.15, -0.1) is 6.42 Å². The molecule has 0 heterocycles. The highest BCUT2D eigenvalue weighted by Crippen LogP contribution is 1.93. The second-order valence-electron chi connectivity index (χ2n) is 3.42. The maximum atomic E-state index is 11.1. The standard InChI is InChI=1S/C11H18O5S/c1-3-5-6-15-7-8-16-11(12)10-17(13,14)9-4-2/h2H,3,5-10H2,1H3. The summed E-state index contributed by atoms with van der Waals surface area (Å²) in [5, 5.41) is 0. The summed E-state index contributed by atoms with van der Waals surface area (Å²) in [7, 11) is -3.53. The van der Waals surface area contributed by atoms with E-state index in [1.807, 2.05) is 12.8 Å². The number of carbonyl (C=O) groups is 1. The maximum Gasteiger partial charge on any atom is 0.321 e. The number of terminal acetylenes is 1. The number of sulfone groups is 1. The molecule has 0 radical (unpaired) electrons. The van der Waals surface area contributed by atoms with Crippen LogP contribution in [0.2, 0.25) is 0 Å². The number of hydrogen-bond acceptors (Lipinski definition) is 5. The van der Waals surface area contributed by atoms with Gasteiger partial charge in [0, 0.05) is 6.61 Å². The van der Waals surface area contributed by atoms with Crippen molar-refractivity contribution in [2.24, 2.45) is 0 Å². The lowest BCUT2D eigenvalue weighted by Crippen LogP contribution is -2.22. The van der Waals surface area contributed by atoms with E-state index in [-0.39, 0.29) is 13.2 Å². The van der Waals surface area contributed by atoms with Gasteiger partial charge in [-0.2, -0.15) is 0 Å². The van der Waals surface area contributed by atoms with Crippen molar-refractivity contribution in [2.75, 3.05) is 31.3 Å². The van der Waals surface area contributed by atoms with Crippen LogP contribution in [0.4, 0.5) is 0 Å². The Labute approximate surface area is 102 Å². The van der Waals surface area contributed by atoms with E-state index in [2.05, 4.69) is 0 Å². The molecular weight excluding hydrogens is 244 g/mol. The summed E-state index contributed by atoms with van der Waals surface area (Å²) in [4.78, 5) is 11.1. The summed E-state index contributed by atoms with van der Waals surface area (Å²) in [5.41, 5.74) is 0. The molecule has 5 nitrogen and oxygen atoms in total. The topological polar surface area (TPSA) is 69.7 Å². The van der Waals surface area contributed by atoms with Gasteiger partial charge >= 0.3 is 5.97 Å². The number of rotatable bonds is 9. The summed E-state index contributed by atoms with van der Waals surface area (Å²) in [5.74, 6) is 0.0673. The van der Waals surface area contributed by atoms with E-state index >= 15 is 0 Å². The lowest BCUT2D eigenvalue weighted by Gasteiger charge is -2.05. The Balaban J connectivity index is 3.64. The Morgan fingerprint density at radius 1 is 1.29 bits per heavy atom. The molecule has 0 amide bonds. The number of ether oxygens (including phenoxy) is 2. The quantitative estimate of drug-likeness (QED) is 0.341. The first-order valence-electron chi connectivity index (χ1n) is 5.39. The van der Waals surface area contributed by atoms with Crippen molar-refractivity contribution < 1.29 is 22.7 Å². The van der Waals surface area contributed by atoms with Crippen molar-refractivity contribution in [3.8, 4) is 12.3 Å². The average molecular weight is 262 g/mol. The highest BCUT2D eigenvalue weighted by Gasteiger charge is 2.16. The van der Waals surface area contributed by atoms with E-state index in [0.29, 0.717) is 6.61 Å². The molecule has 0 bridgehead atoms. The zero-order chi connectivity index (χ0) is 13.1. The predicted molar refractivity (Wildman–Crippen MR) is 64.2 cm³/mol. The van der Waals surface area contributed by atoms with Gasteiger partial charge in [-0.05, 0) is 6.42 Å². The first-order chi connectivity index (χ1) is 8.02. The van der Waals surface area contributed by atoms with Crippen LogP contribution in [-0.2, 0) is 24.1 Å². The van der Waals surface area contributed by atoms with E-state index in [0.717, 1.165) is 12.8 Å². The smallest absolute Gasteiger partial charge is 0.321 e. The molecule has 0 fully saturated rings. The second-order valence-corrected chi connectivity index (χ2v) is 5.49. The zero-order valence-electron chi connectivity index (χ0n) is 9.98. The molecule has 0 rings (SSSR count). The number of unbranched alkanes of at least 4 members (excludes halogenated alkanes) is 1. The molecule has 0 aliphatic rings. The molecule has 0 N–H and O–H groups in total. The highest BCUT2D eigenvalue weighted by atomic mass is 32.2. The molecule has 0 saturated heterocycles. The van der Waals surface area contributed by atoms with Crippen LogP contribution >= 0.6 is 0 Å². The van der Waals surface area contributed by atoms with Gasteiger partial charge in [0.25, 0.3) is 0 Å². The zero-order valence-corrected chi connectivity index (χ0v) is 10.8. The molecule has 0 aromatic carbocycles. The molecule has 0 unspecified atom stereocenters. The third kappa shape index (κ3) is 9.85. The minimum absolute atomic E-state index is 0.0636. The van der Waals surface area contributed by atoms with Crippen molar-refractivity contribution in [1.29, 1.82) is 0 Å². The first-order valence-corrected chi connectivity index (χ1v) is 7.21. The van der Waals surface area contributed by atoms with Crippen LogP contribution in [0.5, 0.6) is 0 Å². The predicted octanol–water partition coefficient (Wildman–Crippen LogP) is 0.394. The highest BCUT2D eigenvalue weighted by molar-refractivity contribution is 7.92. The Kier molecular flexibility index (Phi) is 8.46. The van der Waals surface area contributed by atoms with E-state index in [1.54, 1.807) is 0 Å². The van der Waals surface area contributed by atoms with Gasteiger partial charge in [-0.3, -0.25) is 4.79 Å². The molecule has 0 aliphatic heterocycles. The lowest BCUT2D eigenvalue weighted by atomic mass is 10.4. The monoisotopic (exact) mass is 262 g/mol. The van der Waals surface area contributed by atoms with Crippen LogP contribution in [0, 0.1) is 12.3 Å². The second kappa shape index (κ2) is 9.02. The fourth-order valence-corrected chi connectivity index (χ4v) is 1.76. The number of esters is 1. The molecule has 0 aromatic rings. The fourth-order valence-electron chi connectivity index (χ4n) is 0.962. The first kappa shape index (κ1) is 15.9. The van der Waals surface area contributed by atoms with Crippen molar-refractivity contribution in [3.05, 3.63) is 0 Å². The van der Waals surface area contributed by atoms with Crippen LogP contribution in [0.1, 0.15) is 19.8 Å². The van der Waals surface area contributed by atoms with E-state index < -0.39 is 27.3 Å². The molecule has 98 valence electrons. The van der Waals surface area contributed by atoms with Gasteiger partial charge in [0.15, 0.2) is 9.84 Å². The Morgan fingerprint density at radius 2 is 2.00 bits per heavy atom. The summed E-state index contributed by atoms with van der Waals surface area (Å²) < 4.78 is 32.1. The van der Waals surface area contributed by atoms with Crippen molar-refractivity contribution in [3.63, 3.8) is 0 Å². The van der Waals surface area contributed by atoms with Crippen LogP contribution < -0.4 is 0 Å². The molecule has 0 saturated carbocycles. The Bertz CT molecular complexity index is 353. The average Bonchev–Trinajstić information content (AvgIpc) is 2.22. The summed E-state index contributed by atoms with van der Waals surface area (Å²) in [6, 6.07) is 0. The molecular formula is C11H18O5S. The normalized spacial score (nSPS) is 10.8. The molecule has 0 aromatic heterocycles. The third-order valence-electron chi connectivity index (χ3n) is 1.77. The van der Waals surface area contributed by atoms with Crippen molar-refractivity contribution in [2.45, 2.75) is 19.8 Å². The summed E-state index contributed by atoms with van der Waals surface area (Å²) in [6.45, 7) is 3.00. The molecule has 6 heteroatoms.